The van der Waals surface area contributed by atoms with E-state index in [9.17, 15) is 4.79 Å². The number of benzene rings is 1. The Kier molecular flexibility index (Phi) is 7.33. The van der Waals surface area contributed by atoms with Crippen LogP contribution in [0.5, 0.6) is 0 Å². The topological polar surface area (TPSA) is 45.2 Å². The zero-order valence-electron chi connectivity index (χ0n) is 16.4. The van der Waals surface area contributed by atoms with Gasteiger partial charge in [0.25, 0.3) is 5.91 Å². The van der Waals surface area contributed by atoms with Gasteiger partial charge in [-0.1, -0.05) is 26.0 Å². The van der Waals surface area contributed by atoms with E-state index in [4.69, 9.17) is 0 Å². The quantitative estimate of drug-likeness (QED) is 0.690. The standard InChI is InChI=1S/C21H29N3OS2/c1-15-8-16(2)10-24(9-15)11-17(3)23-21(25)19-6-4-5-7-20(19)27-13-18-12-26-14-22-18/h4-7,12,14-17H,8-11,13H2,1-3H3,(H,23,25). The number of aromatic nitrogens is 1. The Hall–Kier alpha value is -1.37. The Morgan fingerprint density at radius 1 is 1.33 bits per heavy atom. The van der Waals surface area contributed by atoms with Crippen molar-refractivity contribution in [1.29, 1.82) is 0 Å². The summed E-state index contributed by atoms with van der Waals surface area (Å²) in [7, 11) is 0. The van der Waals surface area contributed by atoms with Gasteiger partial charge in [-0.25, -0.2) is 4.98 Å². The van der Waals surface area contributed by atoms with Crippen LogP contribution in [0, 0.1) is 11.8 Å². The van der Waals surface area contributed by atoms with Gasteiger partial charge >= 0.3 is 0 Å². The maximum absolute atomic E-state index is 12.9. The van der Waals surface area contributed by atoms with Crippen LogP contribution < -0.4 is 5.32 Å². The fourth-order valence-corrected chi connectivity index (χ4v) is 5.53. The molecule has 2 heterocycles. The summed E-state index contributed by atoms with van der Waals surface area (Å²) in [5.41, 5.74) is 3.66. The highest BCUT2D eigenvalue weighted by Crippen LogP contribution is 2.26. The summed E-state index contributed by atoms with van der Waals surface area (Å²) in [6.07, 6.45) is 1.31. The van der Waals surface area contributed by atoms with Gasteiger partial charge in [0.05, 0.1) is 16.8 Å². The summed E-state index contributed by atoms with van der Waals surface area (Å²) in [6.45, 7) is 9.92. The number of amides is 1. The van der Waals surface area contributed by atoms with Crippen molar-refractivity contribution in [2.24, 2.45) is 11.8 Å². The lowest BCUT2D eigenvalue weighted by Crippen LogP contribution is -2.47. The zero-order valence-corrected chi connectivity index (χ0v) is 18.0. The van der Waals surface area contributed by atoms with Crippen molar-refractivity contribution < 1.29 is 4.79 Å². The summed E-state index contributed by atoms with van der Waals surface area (Å²) in [5, 5.41) is 5.25. The van der Waals surface area contributed by atoms with Gasteiger partial charge in [0.15, 0.2) is 0 Å². The van der Waals surface area contributed by atoms with E-state index in [-0.39, 0.29) is 11.9 Å². The maximum atomic E-state index is 12.9. The first-order valence-electron chi connectivity index (χ1n) is 9.63. The smallest absolute Gasteiger partial charge is 0.252 e. The Balaban J connectivity index is 1.57. The first kappa shape index (κ1) is 20.4. The van der Waals surface area contributed by atoms with Crippen molar-refractivity contribution in [3.8, 4) is 0 Å². The van der Waals surface area contributed by atoms with Crippen LogP contribution in [0.1, 0.15) is 43.2 Å². The Morgan fingerprint density at radius 2 is 2.07 bits per heavy atom. The highest BCUT2D eigenvalue weighted by Gasteiger charge is 2.23. The minimum absolute atomic E-state index is 0.0157. The molecule has 3 unspecified atom stereocenters. The van der Waals surface area contributed by atoms with E-state index in [1.165, 1.54) is 6.42 Å². The highest BCUT2D eigenvalue weighted by atomic mass is 32.2. The minimum atomic E-state index is 0.0157. The average molecular weight is 404 g/mol. The molecule has 3 rings (SSSR count). The number of hydrogen-bond donors (Lipinski definition) is 1. The fourth-order valence-electron chi connectivity index (χ4n) is 3.92. The SMILES string of the molecule is CC1CC(C)CN(CC(C)NC(=O)c2ccccc2SCc2cscn2)C1. The van der Waals surface area contributed by atoms with Crippen LogP contribution in [-0.2, 0) is 5.75 Å². The molecule has 1 N–H and O–H groups in total. The van der Waals surface area contributed by atoms with E-state index in [1.807, 2.05) is 29.8 Å². The van der Waals surface area contributed by atoms with Crippen LogP contribution in [0.15, 0.2) is 40.1 Å². The third kappa shape index (κ3) is 6.06. The van der Waals surface area contributed by atoms with Crippen LogP contribution >= 0.6 is 23.1 Å². The number of nitrogens with zero attached hydrogens (tertiary/aromatic N) is 2. The second-order valence-corrected chi connectivity index (χ2v) is 9.54. The first-order valence-corrected chi connectivity index (χ1v) is 11.6. The molecule has 2 aromatic rings. The molecule has 0 saturated carbocycles. The minimum Gasteiger partial charge on any atom is -0.348 e. The van der Waals surface area contributed by atoms with Gasteiger partial charge in [-0.05, 0) is 37.3 Å². The molecule has 27 heavy (non-hydrogen) atoms. The van der Waals surface area contributed by atoms with Crippen LogP contribution in [0.3, 0.4) is 0 Å². The second kappa shape index (κ2) is 9.71. The molecule has 1 aliphatic heterocycles. The summed E-state index contributed by atoms with van der Waals surface area (Å²) >= 11 is 3.27. The Morgan fingerprint density at radius 3 is 2.78 bits per heavy atom. The van der Waals surface area contributed by atoms with Gasteiger partial charge in [-0.2, -0.15) is 0 Å². The van der Waals surface area contributed by atoms with Crippen molar-refractivity contribution in [2.45, 2.75) is 43.9 Å². The van der Waals surface area contributed by atoms with Crippen molar-refractivity contribution in [3.63, 3.8) is 0 Å². The van der Waals surface area contributed by atoms with E-state index in [0.29, 0.717) is 0 Å². The van der Waals surface area contributed by atoms with Crippen molar-refractivity contribution in [2.75, 3.05) is 19.6 Å². The van der Waals surface area contributed by atoms with Crippen LogP contribution in [0.2, 0.25) is 0 Å². The van der Waals surface area contributed by atoms with Gasteiger partial charge < -0.3 is 10.2 Å². The molecule has 1 fully saturated rings. The van der Waals surface area contributed by atoms with E-state index in [2.05, 4.69) is 41.4 Å². The summed E-state index contributed by atoms with van der Waals surface area (Å²) in [6, 6.07) is 7.98. The Bertz CT molecular complexity index is 725. The van der Waals surface area contributed by atoms with Crippen LogP contribution in [-0.4, -0.2) is 41.5 Å². The normalized spacial score (nSPS) is 21.7. The lowest BCUT2D eigenvalue weighted by molar-refractivity contribution is 0.0902. The van der Waals surface area contributed by atoms with Crippen molar-refractivity contribution >= 4 is 29.0 Å². The van der Waals surface area contributed by atoms with Crippen LogP contribution in [0.25, 0.3) is 0 Å². The molecule has 6 heteroatoms. The highest BCUT2D eigenvalue weighted by molar-refractivity contribution is 7.98. The number of thiazole rings is 1. The van der Waals surface area contributed by atoms with Crippen molar-refractivity contribution in [3.05, 3.63) is 46.4 Å². The van der Waals surface area contributed by atoms with Gasteiger partial charge in [-0.3, -0.25) is 4.79 Å². The number of hydrogen-bond acceptors (Lipinski definition) is 5. The third-order valence-corrected chi connectivity index (χ3v) is 6.59. The number of nitrogens with one attached hydrogen (secondary N) is 1. The molecule has 0 spiro atoms. The van der Waals surface area contributed by atoms with Gasteiger partial charge in [0, 0.05) is 41.7 Å². The van der Waals surface area contributed by atoms with E-state index in [1.54, 1.807) is 23.1 Å². The average Bonchev–Trinajstić information content (AvgIpc) is 3.12. The molecule has 0 radical (unpaired) electrons. The molecule has 1 amide bonds. The van der Waals surface area contributed by atoms with E-state index < -0.39 is 0 Å². The molecule has 4 nitrogen and oxygen atoms in total. The molecule has 1 aliphatic rings. The van der Waals surface area contributed by atoms with Crippen LogP contribution in [0.4, 0.5) is 0 Å². The molecule has 1 aromatic heterocycles. The van der Waals surface area contributed by atoms with Gasteiger partial charge in [0.1, 0.15) is 0 Å². The molecular formula is C21H29N3OS2. The number of thioether (sulfide) groups is 1. The van der Waals surface area contributed by atoms with E-state index in [0.717, 1.165) is 53.4 Å². The summed E-state index contributed by atoms with van der Waals surface area (Å²) < 4.78 is 0. The Labute approximate surface area is 170 Å². The third-order valence-electron chi connectivity index (χ3n) is 4.84. The van der Waals surface area contributed by atoms with E-state index >= 15 is 0 Å². The zero-order chi connectivity index (χ0) is 19.2. The molecular weight excluding hydrogens is 374 g/mol. The molecule has 146 valence electrons. The molecule has 3 atom stereocenters. The van der Waals surface area contributed by atoms with Gasteiger partial charge in [0.2, 0.25) is 0 Å². The number of likely N-dealkylation sites (tertiary alicyclic amines) is 1. The maximum Gasteiger partial charge on any atom is 0.252 e. The lowest BCUT2D eigenvalue weighted by atomic mass is 9.92. The van der Waals surface area contributed by atoms with Gasteiger partial charge in [-0.15, -0.1) is 23.1 Å². The fraction of sp³-hybridized carbons (Fsp3) is 0.524. The molecule has 0 aliphatic carbocycles. The predicted octanol–water partition coefficient (Wildman–Crippen LogP) is 4.53. The molecule has 1 saturated heterocycles. The number of rotatable bonds is 7. The van der Waals surface area contributed by atoms with Crippen molar-refractivity contribution in [1.82, 2.24) is 15.2 Å². The lowest BCUT2D eigenvalue weighted by Gasteiger charge is -2.36. The second-order valence-electron chi connectivity index (χ2n) is 7.80. The molecule has 1 aromatic carbocycles. The summed E-state index contributed by atoms with van der Waals surface area (Å²) in [5.74, 6) is 2.27. The predicted molar refractivity (Wildman–Crippen MR) is 114 cm³/mol. The monoisotopic (exact) mass is 403 g/mol. The number of carbonyl (C=O) groups is 1. The largest absolute Gasteiger partial charge is 0.348 e. The summed E-state index contributed by atoms with van der Waals surface area (Å²) in [4.78, 5) is 20.7. The molecule has 0 bridgehead atoms. The number of piperidine rings is 1. The number of carbonyl (C=O) groups excluding carboxylic acids is 1. The first-order chi connectivity index (χ1) is 13.0.